The molecule has 1 amide bonds. The summed E-state index contributed by atoms with van der Waals surface area (Å²) in [6, 6.07) is 10.2. The van der Waals surface area contributed by atoms with E-state index in [1.807, 2.05) is 24.3 Å². The van der Waals surface area contributed by atoms with Gasteiger partial charge in [0.25, 0.3) is 5.91 Å². The van der Waals surface area contributed by atoms with Gasteiger partial charge in [0, 0.05) is 12.6 Å². The molecule has 0 aliphatic carbocycles. The van der Waals surface area contributed by atoms with Gasteiger partial charge in [-0.05, 0) is 29.2 Å². The minimum atomic E-state index is -0.490. The van der Waals surface area contributed by atoms with E-state index in [9.17, 15) is 9.18 Å². The van der Waals surface area contributed by atoms with Gasteiger partial charge in [-0.1, -0.05) is 38.1 Å². The van der Waals surface area contributed by atoms with Crippen LogP contribution in [0, 0.1) is 5.82 Å². The number of benzene rings is 2. The van der Waals surface area contributed by atoms with Crippen LogP contribution in [0.4, 0.5) is 4.39 Å². The number of carbonyl (C=O) groups excluding carboxylic acids is 1. The smallest absolute Gasteiger partial charge is 0.253 e. The Morgan fingerprint density at radius 1 is 1.24 bits per heavy atom. The fourth-order valence-electron chi connectivity index (χ4n) is 2.73. The average Bonchev–Trinajstić information content (AvgIpc) is 3.06. The number of hydrogen-bond acceptors (Lipinski definition) is 3. The van der Waals surface area contributed by atoms with Crippen molar-refractivity contribution in [1.82, 2.24) is 15.3 Å². The summed E-state index contributed by atoms with van der Waals surface area (Å²) in [5, 5.41) is 2.76. The predicted molar refractivity (Wildman–Crippen MR) is 95.8 cm³/mol. The third-order valence-electron chi connectivity index (χ3n) is 4.25. The monoisotopic (exact) mass is 340 g/mol. The molecule has 25 heavy (non-hydrogen) atoms. The molecule has 1 heterocycles. The first-order valence-electron chi connectivity index (χ1n) is 8.22. The molecule has 5 nitrogen and oxygen atoms in total. The van der Waals surface area contributed by atoms with Crippen LogP contribution in [-0.4, -0.2) is 22.4 Å². The number of nitrogens with zero attached hydrogens (tertiary/aromatic N) is 1. The lowest BCUT2D eigenvalue weighted by molar-refractivity contribution is 0.0952. The fraction of sp³-hybridized carbons (Fsp3) is 0.263. The Balaban J connectivity index is 1.70. The highest BCUT2D eigenvalue weighted by Crippen LogP contribution is 2.19. The Kier molecular flexibility index (Phi) is 4.81. The molecule has 2 aromatic carbocycles. The first kappa shape index (κ1) is 17.1. The number of nitrogens with one attached hydrogen (secondary N) is 2. The molecule has 3 rings (SSSR count). The predicted octanol–water partition coefficient (Wildman–Crippen LogP) is 3.26. The van der Waals surface area contributed by atoms with Gasteiger partial charge in [0.1, 0.15) is 11.3 Å². The largest absolute Gasteiger partial charge is 0.350 e. The third kappa shape index (κ3) is 3.69. The minimum absolute atomic E-state index is 0.193. The minimum Gasteiger partial charge on any atom is -0.350 e. The van der Waals surface area contributed by atoms with Crippen LogP contribution in [0.5, 0.6) is 0 Å². The quantitative estimate of drug-likeness (QED) is 0.666. The number of aromatic nitrogens is 2. The van der Waals surface area contributed by atoms with Crippen LogP contribution in [0.25, 0.3) is 11.0 Å². The molecule has 0 bridgehead atoms. The fourth-order valence-corrected chi connectivity index (χ4v) is 2.73. The SMILES string of the molecule is CC(C)c1ccc(C(N)CNC(=O)c2cc(F)cc3[nH]cnc23)cc1. The lowest BCUT2D eigenvalue weighted by Crippen LogP contribution is -2.32. The van der Waals surface area contributed by atoms with Gasteiger partial charge >= 0.3 is 0 Å². The number of rotatable bonds is 5. The van der Waals surface area contributed by atoms with Gasteiger partial charge in [0.2, 0.25) is 0 Å². The van der Waals surface area contributed by atoms with Crippen molar-refractivity contribution in [2.24, 2.45) is 5.73 Å². The number of H-pyrrole nitrogens is 1. The van der Waals surface area contributed by atoms with Gasteiger partial charge in [-0.3, -0.25) is 4.79 Å². The van der Waals surface area contributed by atoms with E-state index in [2.05, 4.69) is 29.1 Å². The van der Waals surface area contributed by atoms with E-state index in [1.54, 1.807) is 0 Å². The highest BCUT2D eigenvalue weighted by molar-refractivity contribution is 6.04. The molecule has 0 aliphatic rings. The second kappa shape index (κ2) is 7.03. The third-order valence-corrected chi connectivity index (χ3v) is 4.25. The highest BCUT2D eigenvalue weighted by atomic mass is 19.1. The van der Waals surface area contributed by atoms with E-state index in [-0.39, 0.29) is 18.2 Å². The number of nitrogens with two attached hydrogens (primary N) is 1. The van der Waals surface area contributed by atoms with E-state index >= 15 is 0 Å². The van der Waals surface area contributed by atoms with E-state index in [0.29, 0.717) is 17.0 Å². The van der Waals surface area contributed by atoms with Gasteiger partial charge in [0.15, 0.2) is 0 Å². The Morgan fingerprint density at radius 2 is 1.92 bits per heavy atom. The molecule has 1 unspecified atom stereocenters. The summed E-state index contributed by atoms with van der Waals surface area (Å²) in [4.78, 5) is 19.3. The summed E-state index contributed by atoms with van der Waals surface area (Å²) >= 11 is 0. The average molecular weight is 340 g/mol. The van der Waals surface area contributed by atoms with Crippen molar-refractivity contribution in [2.75, 3.05) is 6.54 Å². The molecular formula is C19H21FN4O. The number of imidazole rings is 1. The van der Waals surface area contributed by atoms with Gasteiger partial charge in [-0.15, -0.1) is 0 Å². The maximum Gasteiger partial charge on any atom is 0.253 e. The summed E-state index contributed by atoms with van der Waals surface area (Å²) in [5.41, 5.74) is 9.45. The van der Waals surface area contributed by atoms with E-state index in [1.165, 1.54) is 24.0 Å². The highest BCUT2D eigenvalue weighted by Gasteiger charge is 2.15. The molecule has 6 heteroatoms. The summed E-state index contributed by atoms with van der Waals surface area (Å²) in [5.74, 6) is -0.435. The van der Waals surface area contributed by atoms with Gasteiger partial charge in [-0.2, -0.15) is 0 Å². The summed E-state index contributed by atoms with van der Waals surface area (Å²) in [6.07, 6.45) is 1.43. The second-order valence-electron chi connectivity index (χ2n) is 6.39. The van der Waals surface area contributed by atoms with Crippen LogP contribution >= 0.6 is 0 Å². The number of hydrogen-bond donors (Lipinski definition) is 3. The Bertz CT molecular complexity index is 886. The van der Waals surface area contributed by atoms with Crippen molar-refractivity contribution < 1.29 is 9.18 Å². The maximum atomic E-state index is 13.6. The van der Waals surface area contributed by atoms with E-state index in [4.69, 9.17) is 5.73 Å². The Hall–Kier alpha value is -2.73. The summed E-state index contributed by atoms with van der Waals surface area (Å²) in [7, 11) is 0. The molecule has 0 radical (unpaired) electrons. The maximum absolute atomic E-state index is 13.6. The zero-order valence-corrected chi connectivity index (χ0v) is 14.2. The van der Waals surface area contributed by atoms with Crippen molar-refractivity contribution in [1.29, 1.82) is 0 Å². The number of halogens is 1. The molecule has 0 fully saturated rings. The molecule has 0 saturated carbocycles. The summed E-state index contributed by atoms with van der Waals surface area (Å²) < 4.78 is 13.6. The van der Waals surface area contributed by atoms with Gasteiger partial charge in [-0.25, -0.2) is 9.37 Å². The van der Waals surface area contributed by atoms with Gasteiger partial charge in [0.05, 0.1) is 17.4 Å². The molecule has 0 spiro atoms. The van der Waals surface area contributed by atoms with Crippen molar-refractivity contribution in [3.8, 4) is 0 Å². The van der Waals surface area contributed by atoms with E-state index < -0.39 is 11.7 Å². The molecule has 0 aliphatic heterocycles. The summed E-state index contributed by atoms with van der Waals surface area (Å²) in [6.45, 7) is 4.51. The van der Waals surface area contributed by atoms with Crippen LogP contribution in [0.2, 0.25) is 0 Å². The van der Waals surface area contributed by atoms with Crippen molar-refractivity contribution in [3.05, 3.63) is 65.2 Å². The lowest BCUT2D eigenvalue weighted by Gasteiger charge is -2.15. The standard InChI is InChI=1S/C19H21FN4O/c1-11(2)12-3-5-13(6-4-12)16(21)9-22-19(25)15-7-14(20)8-17-18(15)24-10-23-17/h3-8,10-11,16H,9,21H2,1-2H3,(H,22,25)(H,23,24). The van der Waals surface area contributed by atoms with Gasteiger partial charge < -0.3 is 16.0 Å². The Morgan fingerprint density at radius 3 is 2.60 bits per heavy atom. The normalized spacial score (nSPS) is 12.5. The van der Waals surface area contributed by atoms with Crippen molar-refractivity contribution >= 4 is 16.9 Å². The number of aromatic amines is 1. The number of amides is 1. The number of carbonyl (C=O) groups is 1. The van der Waals surface area contributed by atoms with Crippen LogP contribution in [-0.2, 0) is 0 Å². The lowest BCUT2D eigenvalue weighted by atomic mass is 9.99. The van der Waals surface area contributed by atoms with Crippen LogP contribution in [0.15, 0.2) is 42.7 Å². The zero-order valence-electron chi connectivity index (χ0n) is 14.2. The van der Waals surface area contributed by atoms with Crippen molar-refractivity contribution in [2.45, 2.75) is 25.8 Å². The van der Waals surface area contributed by atoms with Crippen molar-refractivity contribution in [3.63, 3.8) is 0 Å². The topological polar surface area (TPSA) is 83.8 Å². The Labute approximate surface area is 145 Å². The molecule has 3 aromatic rings. The first-order chi connectivity index (χ1) is 12.0. The second-order valence-corrected chi connectivity index (χ2v) is 6.39. The first-order valence-corrected chi connectivity index (χ1v) is 8.22. The van der Waals surface area contributed by atoms with E-state index in [0.717, 1.165) is 5.56 Å². The van der Waals surface area contributed by atoms with Crippen LogP contribution in [0.1, 0.15) is 47.3 Å². The molecule has 0 saturated heterocycles. The molecule has 130 valence electrons. The zero-order chi connectivity index (χ0) is 18.0. The molecule has 1 atom stereocenters. The van der Waals surface area contributed by atoms with Crippen LogP contribution < -0.4 is 11.1 Å². The molecule has 4 N–H and O–H groups in total. The number of fused-ring (bicyclic) bond motifs is 1. The molecule has 1 aromatic heterocycles. The van der Waals surface area contributed by atoms with Crippen LogP contribution in [0.3, 0.4) is 0 Å². The molecular weight excluding hydrogens is 319 g/mol.